The standard InChI is InChI=1S/C27H26ClN3O4/c1-34-22-10-12-23(13-11-22)35-17-21(32)16-31-25-5-3-2-4-24(25)29-27(31)18-14-26(33)30(15-18)20-8-6-19(28)7-9-20/h2-13,18,21,32H,14-17H2,1H3/t18-,21-/m0/s1. The SMILES string of the molecule is COc1ccc(OC[C@@H](O)Cn2c([C@H]3CC(=O)N(c4ccc(Cl)cc4)C3)nc3ccccc32)cc1. The Bertz CT molecular complexity index is 1320. The summed E-state index contributed by atoms with van der Waals surface area (Å²) in [6, 6.07) is 22.3. The topological polar surface area (TPSA) is 76.8 Å². The second-order valence-electron chi connectivity index (χ2n) is 8.59. The Morgan fingerprint density at radius 2 is 1.77 bits per heavy atom. The van der Waals surface area contributed by atoms with Gasteiger partial charge in [0.05, 0.1) is 24.7 Å². The van der Waals surface area contributed by atoms with Gasteiger partial charge in [-0.25, -0.2) is 4.98 Å². The van der Waals surface area contributed by atoms with Gasteiger partial charge in [-0.3, -0.25) is 4.79 Å². The van der Waals surface area contributed by atoms with Crippen molar-refractivity contribution in [3.63, 3.8) is 0 Å². The minimum Gasteiger partial charge on any atom is -0.497 e. The zero-order valence-corrected chi connectivity index (χ0v) is 20.1. The van der Waals surface area contributed by atoms with Gasteiger partial charge in [-0.05, 0) is 60.7 Å². The van der Waals surface area contributed by atoms with Gasteiger partial charge in [0.2, 0.25) is 5.91 Å². The number of amides is 1. The van der Waals surface area contributed by atoms with E-state index in [1.807, 2.05) is 53.1 Å². The molecule has 2 heterocycles. The number of hydrogen-bond acceptors (Lipinski definition) is 5. The third-order valence-electron chi connectivity index (χ3n) is 6.21. The van der Waals surface area contributed by atoms with Gasteiger partial charge in [0.25, 0.3) is 0 Å². The fourth-order valence-corrected chi connectivity index (χ4v) is 4.60. The summed E-state index contributed by atoms with van der Waals surface area (Å²) in [7, 11) is 1.61. The molecule has 1 N–H and O–H groups in total. The molecule has 0 unspecified atom stereocenters. The van der Waals surface area contributed by atoms with Crippen molar-refractivity contribution >= 4 is 34.2 Å². The van der Waals surface area contributed by atoms with Gasteiger partial charge in [-0.15, -0.1) is 0 Å². The van der Waals surface area contributed by atoms with Crippen LogP contribution in [0.2, 0.25) is 5.02 Å². The van der Waals surface area contributed by atoms with E-state index in [2.05, 4.69) is 0 Å². The molecule has 7 nitrogen and oxygen atoms in total. The molecule has 0 aliphatic carbocycles. The summed E-state index contributed by atoms with van der Waals surface area (Å²) in [5.74, 6) is 2.13. The number of anilines is 1. The van der Waals surface area contributed by atoms with Crippen LogP contribution in [0.15, 0.2) is 72.8 Å². The number of imidazole rings is 1. The van der Waals surface area contributed by atoms with E-state index >= 15 is 0 Å². The molecule has 1 aromatic heterocycles. The summed E-state index contributed by atoms with van der Waals surface area (Å²) in [4.78, 5) is 19.5. The van der Waals surface area contributed by atoms with Crippen molar-refractivity contribution in [1.29, 1.82) is 0 Å². The lowest BCUT2D eigenvalue weighted by molar-refractivity contribution is -0.117. The van der Waals surface area contributed by atoms with Crippen LogP contribution in [0, 0.1) is 0 Å². The maximum atomic E-state index is 12.9. The first-order valence-corrected chi connectivity index (χ1v) is 11.9. The lowest BCUT2D eigenvalue weighted by Gasteiger charge is -2.19. The molecule has 4 aromatic rings. The molecule has 0 saturated carbocycles. The Morgan fingerprint density at radius 3 is 2.51 bits per heavy atom. The number of hydrogen-bond donors (Lipinski definition) is 1. The Morgan fingerprint density at radius 1 is 1.06 bits per heavy atom. The fourth-order valence-electron chi connectivity index (χ4n) is 4.48. The number of benzene rings is 3. The highest BCUT2D eigenvalue weighted by molar-refractivity contribution is 6.30. The summed E-state index contributed by atoms with van der Waals surface area (Å²) in [6.07, 6.45) is -0.414. The largest absolute Gasteiger partial charge is 0.497 e. The van der Waals surface area contributed by atoms with Crippen molar-refractivity contribution in [3.05, 3.63) is 83.6 Å². The molecule has 2 atom stereocenters. The summed E-state index contributed by atoms with van der Waals surface area (Å²) >= 11 is 6.02. The van der Waals surface area contributed by atoms with Crippen LogP contribution < -0.4 is 14.4 Å². The highest BCUT2D eigenvalue weighted by atomic mass is 35.5. The average Bonchev–Trinajstić information content (AvgIpc) is 3.44. The number of aliphatic hydroxyl groups excluding tert-OH is 1. The van der Waals surface area contributed by atoms with Crippen molar-refractivity contribution in [3.8, 4) is 11.5 Å². The summed E-state index contributed by atoms with van der Waals surface area (Å²) in [5.41, 5.74) is 2.57. The van der Waals surface area contributed by atoms with E-state index in [1.54, 1.807) is 36.3 Å². The van der Waals surface area contributed by atoms with E-state index in [4.69, 9.17) is 26.1 Å². The third kappa shape index (κ3) is 4.97. The highest BCUT2D eigenvalue weighted by Gasteiger charge is 2.35. The second kappa shape index (κ2) is 9.98. The van der Waals surface area contributed by atoms with Crippen molar-refractivity contribution in [1.82, 2.24) is 9.55 Å². The van der Waals surface area contributed by atoms with Crippen molar-refractivity contribution in [2.45, 2.75) is 25.0 Å². The van der Waals surface area contributed by atoms with Gasteiger partial charge in [0.1, 0.15) is 30.0 Å². The zero-order valence-electron chi connectivity index (χ0n) is 19.3. The molecular formula is C27H26ClN3O4. The number of carbonyl (C=O) groups excluding carboxylic acids is 1. The number of methoxy groups -OCH3 is 1. The maximum Gasteiger partial charge on any atom is 0.227 e. The molecule has 1 saturated heterocycles. The first-order chi connectivity index (χ1) is 17.0. The van der Waals surface area contributed by atoms with Crippen LogP contribution in [-0.2, 0) is 11.3 Å². The second-order valence-corrected chi connectivity index (χ2v) is 9.03. The van der Waals surface area contributed by atoms with Crippen molar-refractivity contribution in [2.75, 3.05) is 25.2 Å². The molecule has 180 valence electrons. The monoisotopic (exact) mass is 491 g/mol. The Kier molecular flexibility index (Phi) is 6.61. The quantitative estimate of drug-likeness (QED) is 0.388. The lowest BCUT2D eigenvalue weighted by Crippen LogP contribution is -2.26. The van der Waals surface area contributed by atoms with Crippen molar-refractivity contribution < 1.29 is 19.4 Å². The number of halogens is 1. The molecule has 1 aliphatic rings. The van der Waals surface area contributed by atoms with Crippen LogP contribution in [0.25, 0.3) is 11.0 Å². The minimum absolute atomic E-state index is 0.0410. The summed E-state index contributed by atoms with van der Waals surface area (Å²) in [6.45, 7) is 0.943. The molecule has 3 aromatic carbocycles. The van der Waals surface area contributed by atoms with Crippen LogP contribution in [-0.4, -0.2) is 46.9 Å². The third-order valence-corrected chi connectivity index (χ3v) is 6.46. The van der Waals surface area contributed by atoms with Gasteiger partial charge < -0.3 is 24.0 Å². The molecule has 0 bridgehead atoms. The van der Waals surface area contributed by atoms with Crippen LogP contribution in [0.3, 0.4) is 0 Å². The molecule has 35 heavy (non-hydrogen) atoms. The van der Waals surface area contributed by atoms with Gasteiger partial charge in [-0.1, -0.05) is 23.7 Å². The number of ether oxygens (including phenoxy) is 2. The molecule has 1 fully saturated rings. The maximum absolute atomic E-state index is 12.9. The lowest BCUT2D eigenvalue weighted by atomic mass is 10.1. The minimum atomic E-state index is -0.766. The molecule has 8 heteroatoms. The fraction of sp³-hybridized carbons (Fsp3) is 0.259. The molecular weight excluding hydrogens is 466 g/mol. The average molecular weight is 492 g/mol. The highest BCUT2D eigenvalue weighted by Crippen LogP contribution is 2.33. The van der Waals surface area contributed by atoms with E-state index in [-0.39, 0.29) is 18.4 Å². The molecule has 0 spiro atoms. The van der Waals surface area contributed by atoms with Gasteiger partial charge in [0, 0.05) is 29.6 Å². The predicted octanol–water partition coefficient (Wildman–Crippen LogP) is 4.66. The normalized spacial score (nSPS) is 16.6. The predicted molar refractivity (Wildman–Crippen MR) is 135 cm³/mol. The molecule has 0 radical (unpaired) electrons. The molecule has 1 amide bonds. The van der Waals surface area contributed by atoms with Crippen LogP contribution >= 0.6 is 11.6 Å². The number of fused-ring (bicyclic) bond motifs is 1. The smallest absolute Gasteiger partial charge is 0.227 e. The first-order valence-electron chi connectivity index (χ1n) is 11.5. The first kappa shape index (κ1) is 23.2. The number of nitrogens with zero attached hydrogens (tertiary/aromatic N) is 3. The van der Waals surface area contributed by atoms with E-state index in [9.17, 15) is 9.90 Å². The zero-order chi connectivity index (χ0) is 24.4. The van der Waals surface area contributed by atoms with E-state index < -0.39 is 6.10 Å². The molecule has 5 rings (SSSR count). The Balaban J connectivity index is 1.35. The van der Waals surface area contributed by atoms with Crippen LogP contribution in [0.4, 0.5) is 5.69 Å². The van der Waals surface area contributed by atoms with E-state index in [0.29, 0.717) is 30.3 Å². The number of aliphatic hydroxyl groups is 1. The number of para-hydroxylation sites is 2. The van der Waals surface area contributed by atoms with Crippen LogP contribution in [0.5, 0.6) is 11.5 Å². The van der Waals surface area contributed by atoms with Crippen LogP contribution in [0.1, 0.15) is 18.2 Å². The van der Waals surface area contributed by atoms with Gasteiger partial charge >= 0.3 is 0 Å². The van der Waals surface area contributed by atoms with E-state index in [1.165, 1.54) is 0 Å². The van der Waals surface area contributed by atoms with Gasteiger partial charge in [0.15, 0.2) is 0 Å². The number of rotatable bonds is 8. The van der Waals surface area contributed by atoms with E-state index in [0.717, 1.165) is 28.3 Å². The summed E-state index contributed by atoms with van der Waals surface area (Å²) < 4.78 is 13.0. The van der Waals surface area contributed by atoms with Crippen molar-refractivity contribution in [2.24, 2.45) is 0 Å². The molecule has 1 aliphatic heterocycles. The summed E-state index contributed by atoms with van der Waals surface area (Å²) in [5, 5.41) is 11.5. The Hall–Kier alpha value is -3.55. The Labute approximate surface area is 208 Å². The number of carbonyl (C=O) groups is 1. The van der Waals surface area contributed by atoms with Gasteiger partial charge in [-0.2, -0.15) is 0 Å². The number of aromatic nitrogens is 2.